The standard InChI is InChI=1S/C24H19F4N3O4/c1-34-20-7-2-4-16(21(20)35-14-15-8-10-18(25)11-9-15)13-29-31-23(33)22(32)30-19-6-3-5-17(12-19)24(26,27)28/h2-13H,14H2,1H3,(H,30,32)(H,31,33)/b29-13-. The summed E-state index contributed by atoms with van der Waals surface area (Å²) in [7, 11) is 1.43. The Hall–Kier alpha value is -4.41. The number of nitrogens with zero attached hydrogens (tertiary/aromatic N) is 1. The first kappa shape index (κ1) is 25.2. The molecule has 0 saturated carbocycles. The normalized spacial score (nSPS) is 11.2. The van der Waals surface area contributed by atoms with Gasteiger partial charge in [-0.2, -0.15) is 18.3 Å². The van der Waals surface area contributed by atoms with Crippen LogP contribution in [0.1, 0.15) is 16.7 Å². The van der Waals surface area contributed by atoms with Gasteiger partial charge in [0.2, 0.25) is 0 Å². The number of alkyl halides is 3. The van der Waals surface area contributed by atoms with Crippen LogP contribution in [0.25, 0.3) is 0 Å². The van der Waals surface area contributed by atoms with Crippen LogP contribution in [0.4, 0.5) is 23.2 Å². The number of anilines is 1. The Morgan fingerprint density at radius 1 is 1.00 bits per heavy atom. The number of amides is 2. The van der Waals surface area contributed by atoms with Crippen LogP contribution >= 0.6 is 0 Å². The molecule has 3 aromatic rings. The molecule has 0 aliphatic rings. The molecule has 0 atom stereocenters. The molecule has 0 aromatic heterocycles. The zero-order chi connectivity index (χ0) is 25.4. The number of benzene rings is 3. The van der Waals surface area contributed by atoms with Gasteiger partial charge in [-0.3, -0.25) is 9.59 Å². The summed E-state index contributed by atoms with van der Waals surface area (Å²) in [5.41, 5.74) is 1.91. The molecule has 11 heteroatoms. The van der Waals surface area contributed by atoms with Gasteiger partial charge in [-0.05, 0) is 48.0 Å². The van der Waals surface area contributed by atoms with Crippen molar-refractivity contribution in [2.75, 3.05) is 12.4 Å². The molecule has 3 rings (SSSR count). The third-order valence-electron chi connectivity index (χ3n) is 4.55. The van der Waals surface area contributed by atoms with E-state index in [0.29, 0.717) is 22.9 Å². The van der Waals surface area contributed by atoms with Gasteiger partial charge >= 0.3 is 18.0 Å². The molecular weight excluding hydrogens is 470 g/mol. The van der Waals surface area contributed by atoms with E-state index in [4.69, 9.17) is 9.47 Å². The number of para-hydroxylation sites is 1. The molecule has 0 saturated heterocycles. The van der Waals surface area contributed by atoms with Crippen LogP contribution in [0.15, 0.2) is 71.8 Å². The van der Waals surface area contributed by atoms with Crippen molar-refractivity contribution in [1.29, 1.82) is 0 Å². The monoisotopic (exact) mass is 489 g/mol. The Balaban J connectivity index is 1.65. The Kier molecular flexibility index (Phi) is 8.03. The predicted octanol–water partition coefficient (Wildman–Crippen LogP) is 4.52. The maximum Gasteiger partial charge on any atom is 0.416 e. The van der Waals surface area contributed by atoms with Crippen molar-refractivity contribution in [3.63, 3.8) is 0 Å². The lowest BCUT2D eigenvalue weighted by Crippen LogP contribution is -2.32. The summed E-state index contributed by atoms with van der Waals surface area (Å²) in [6, 6.07) is 14.5. The van der Waals surface area contributed by atoms with E-state index >= 15 is 0 Å². The van der Waals surface area contributed by atoms with Gasteiger partial charge in [-0.1, -0.05) is 24.3 Å². The molecule has 0 fully saturated rings. The molecule has 182 valence electrons. The first-order valence-electron chi connectivity index (χ1n) is 10.0. The van der Waals surface area contributed by atoms with Gasteiger partial charge in [0.05, 0.1) is 18.9 Å². The van der Waals surface area contributed by atoms with Crippen LogP contribution in [0.5, 0.6) is 11.5 Å². The Morgan fingerprint density at radius 2 is 1.71 bits per heavy atom. The molecule has 0 spiro atoms. The minimum absolute atomic E-state index is 0.0905. The highest BCUT2D eigenvalue weighted by atomic mass is 19.4. The lowest BCUT2D eigenvalue weighted by atomic mass is 10.2. The first-order chi connectivity index (χ1) is 16.7. The molecular formula is C24H19F4N3O4. The van der Waals surface area contributed by atoms with Crippen molar-refractivity contribution in [3.05, 3.63) is 89.2 Å². The lowest BCUT2D eigenvalue weighted by molar-refractivity contribution is -0.137. The molecule has 3 aromatic carbocycles. The summed E-state index contributed by atoms with van der Waals surface area (Å²) in [6.45, 7) is 0.0905. The zero-order valence-corrected chi connectivity index (χ0v) is 18.2. The molecule has 0 bridgehead atoms. The van der Waals surface area contributed by atoms with E-state index < -0.39 is 23.6 Å². The number of carbonyl (C=O) groups excluding carboxylic acids is 2. The van der Waals surface area contributed by atoms with Gasteiger partial charge in [0.25, 0.3) is 0 Å². The first-order valence-corrected chi connectivity index (χ1v) is 10.0. The third-order valence-corrected chi connectivity index (χ3v) is 4.55. The maximum atomic E-state index is 13.1. The lowest BCUT2D eigenvalue weighted by Gasteiger charge is -2.13. The highest BCUT2D eigenvalue weighted by molar-refractivity contribution is 6.39. The Bertz CT molecular complexity index is 1230. The molecule has 0 heterocycles. The number of halogens is 4. The SMILES string of the molecule is COc1cccc(/C=N\NC(=O)C(=O)Nc2cccc(C(F)(F)F)c2)c1OCc1ccc(F)cc1. The molecule has 2 amide bonds. The van der Waals surface area contributed by atoms with Crippen molar-refractivity contribution in [2.24, 2.45) is 5.10 Å². The number of hydrogen-bond acceptors (Lipinski definition) is 5. The molecule has 2 N–H and O–H groups in total. The second-order valence-corrected chi connectivity index (χ2v) is 7.03. The smallest absolute Gasteiger partial charge is 0.416 e. The topological polar surface area (TPSA) is 89.0 Å². The van der Waals surface area contributed by atoms with Crippen LogP contribution in [-0.2, 0) is 22.4 Å². The van der Waals surface area contributed by atoms with Gasteiger partial charge in [0, 0.05) is 11.3 Å². The highest BCUT2D eigenvalue weighted by Gasteiger charge is 2.30. The number of methoxy groups -OCH3 is 1. The van der Waals surface area contributed by atoms with Crippen LogP contribution in [-0.4, -0.2) is 25.1 Å². The zero-order valence-electron chi connectivity index (χ0n) is 18.2. The van der Waals surface area contributed by atoms with E-state index in [0.717, 1.165) is 12.1 Å². The summed E-state index contributed by atoms with van der Waals surface area (Å²) in [4.78, 5) is 24.0. The molecule has 0 radical (unpaired) electrons. The second-order valence-electron chi connectivity index (χ2n) is 7.03. The number of nitrogens with one attached hydrogen (secondary N) is 2. The quantitative estimate of drug-likeness (QED) is 0.221. The van der Waals surface area contributed by atoms with Crippen LogP contribution in [0, 0.1) is 5.82 Å². The average Bonchev–Trinajstić information content (AvgIpc) is 2.83. The maximum absolute atomic E-state index is 13.1. The second kappa shape index (κ2) is 11.1. The van der Waals surface area contributed by atoms with E-state index in [1.165, 1.54) is 31.5 Å². The average molecular weight is 489 g/mol. The van der Waals surface area contributed by atoms with Crippen molar-refractivity contribution in [1.82, 2.24) is 5.43 Å². The van der Waals surface area contributed by atoms with Crippen molar-refractivity contribution in [3.8, 4) is 11.5 Å². The summed E-state index contributed by atoms with van der Waals surface area (Å²) < 4.78 is 62.6. The van der Waals surface area contributed by atoms with Gasteiger partial charge < -0.3 is 14.8 Å². The summed E-state index contributed by atoms with van der Waals surface area (Å²) in [6.07, 6.45) is -3.39. The molecule has 0 unspecified atom stereocenters. The number of hydrazone groups is 1. The van der Waals surface area contributed by atoms with Crippen LogP contribution in [0.3, 0.4) is 0 Å². The van der Waals surface area contributed by atoms with E-state index in [2.05, 4.69) is 10.4 Å². The number of hydrogen-bond donors (Lipinski definition) is 2. The van der Waals surface area contributed by atoms with Gasteiger partial charge in [0.15, 0.2) is 11.5 Å². The molecule has 35 heavy (non-hydrogen) atoms. The van der Waals surface area contributed by atoms with Crippen LogP contribution < -0.4 is 20.2 Å². The number of ether oxygens (including phenoxy) is 2. The fourth-order valence-corrected chi connectivity index (χ4v) is 2.86. The molecule has 0 aliphatic carbocycles. The van der Waals surface area contributed by atoms with Crippen molar-refractivity contribution < 1.29 is 36.6 Å². The van der Waals surface area contributed by atoms with Gasteiger partial charge in [-0.25, -0.2) is 9.82 Å². The van der Waals surface area contributed by atoms with E-state index in [9.17, 15) is 27.2 Å². The summed E-state index contributed by atoms with van der Waals surface area (Å²) in [5.74, 6) is -2.14. The minimum Gasteiger partial charge on any atom is -0.493 e. The van der Waals surface area contributed by atoms with Crippen molar-refractivity contribution >= 4 is 23.7 Å². The molecule has 0 aliphatic heterocycles. The van der Waals surface area contributed by atoms with Gasteiger partial charge in [-0.15, -0.1) is 0 Å². The van der Waals surface area contributed by atoms with E-state index in [-0.39, 0.29) is 23.9 Å². The van der Waals surface area contributed by atoms with Crippen molar-refractivity contribution in [2.45, 2.75) is 12.8 Å². The Labute approximate surface area is 197 Å². The summed E-state index contributed by atoms with van der Waals surface area (Å²) in [5, 5.41) is 5.79. The van der Waals surface area contributed by atoms with E-state index in [1.807, 2.05) is 5.43 Å². The summed E-state index contributed by atoms with van der Waals surface area (Å²) >= 11 is 0. The van der Waals surface area contributed by atoms with E-state index in [1.54, 1.807) is 30.3 Å². The number of rotatable bonds is 7. The largest absolute Gasteiger partial charge is 0.493 e. The predicted molar refractivity (Wildman–Crippen MR) is 120 cm³/mol. The number of carbonyl (C=O) groups is 2. The fraction of sp³-hybridized carbons (Fsp3) is 0.125. The molecule has 7 nitrogen and oxygen atoms in total. The Morgan fingerprint density at radius 3 is 2.40 bits per heavy atom. The fourth-order valence-electron chi connectivity index (χ4n) is 2.86. The minimum atomic E-state index is -4.60. The van der Waals surface area contributed by atoms with Crippen LogP contribution in [0.2, 0.25) is 0 Å². The van der Waals surface area contributed by atoms with Gasteiger partial charge in [0.1, 0.15) is 12.4 Å². The third kappa shape index (κ3) is 7.03. The highest BCUT2D eigenvalue weighted by Crippen LogP contribution is 2.31.